The number of aromatic amines is 1. The smallest absolute Gasteiger partial charge is 0.282 e. The average Bonchev–Trinajstić information content (AvgIpc) is 3.53. The molecule has 39 heavy (non-hydrogen) atoms. The second-order valence-corrected chi connectivity index (χ2v) is 12.0. The van der Waals surface area contributed by atoms with Crippen LogP contribution in [0.3, 0.4) is 0 Å². The normalized spacial score (nSPS) is 28.0. The van der Waals surface area contributed by atoms with Crippen LogP contribution in [0.15, 0.2) is 42.5 Å². The maximum Gasteiger partial charge on any atom is 0.282 e. The van der Waals surface area contributed by atoms with Crippen molar-refractivity contribution in [2.75, 3.05) is 26.2 Å². The molecule has 3 aliphatic rings. The first kappa shape index (κ1) is 26.3. The number of rotatable bonds is 6. The highest BCUT2D eigenvalue weighted by atomic mass is 19.3. The number of halogens is 3. The van der Waals surface area contributed by atoms with Crippen molar-refractivity contribution in [1.29, 1.82) is 0 Å². The fraction of sp³-hybridized carbons (Fsp3) is 0.533. The summed E-state index contributed by atoms with van der Waals surface area (Å²) in [6.45, 7) is 2.55. The third-order valence-corrected chi connectivity index (χ3v) is 9.04. The largest absolute Gasteiger partial charge is 0.341 e. The summed E-state index contributed by atoms with van der Waals surface area (Å²) < 4.78 is 43.3. The number of aromatic nitrogens is 2. The van der Waals surface area contributed by atoms with Crippen molar-refractivity contribution in [1.82, 2.24) is 19.8 Å². The molecular formula is C30H36F3N5O. The molecule has 2 aliphatic heterocycles. The van der Waals surface area contributed by atoms with Gasteiger partial charge in [-0.25, -0.2) is 18.2 Å². The fourth-order valence-corrected chi connectivity index (χ4v) is 6.71. The third kappa shape index (κ3) is 5.18. The first-order valence-electron chi connectivity index (χ1n) is 14.0. The van der Waals surface area contributed by atoms with Crippen LogP contribution < -0.4 is 5.73 Å². The number of fused-ring (bicyclic) bond motifs is 1. The summed E-state index contributed by atoms with van der Waals surface area (Å²) >= 11 is 0. The molecule has 3 fully saturated rings. The summed E-state index contributed by atoms with van der Waals surface area (Å²) in [6.07, 6.45) is 4.34. The number of nitrogens with two attached hydrogens (primary N) is 1. The number of amides is 1. The Labute approximate surface area is 226 Å². The molecule has 1 saturated carbocycles. The maximum absolute atomic E-state index is 16.1. The molecule has 2 saturated heterocycles. The van der Waals surface area contributed by atoms with E-state index in [1.165, 1.54) is 4.90 Å². The van der Waals surface area contributed by atoms with E-state index in [1.54, 1.807) is 12.1 Å². The number of H-pyrrole nitrogens is 1. The number of imidazole rings is 1. The van der Waals surface area contributed by atoms with Crippen molar-refractivity contribution in [3.05, 3.63) is 65.2 Å². The molecule has 1 aromatic heterocycles. The van der Waals surface area contributed by atoms with Gasteiger partial charge in [0.1, 0.15) is 11.3 Å². The Morgan fingerprint density at radius 2 is 1.82 bits per heavy atom. The Kier molecular flexibility index (Phi) is 6.91. The molecule has 3 heterocycles. The van der Waals surface area contributed by atoms with Gasteiger partial charge < -0.3 is 15.6 Å². The minimum atomic E-state index is -2.85. The van der Waals surface area contributed by atoms with E-state index in [-0.39, 0.29) is 17.5 Å². The third-order valence-electron chi connectivity index (χ3n) is 9.04. The van der Waals surface area contributed by atoms with Crippen molar-refractivity contribution in [2.45, 2.75) is 57.0 Å². The van der Waals surface area contributed by atoms with E-state index in [0.29, 0.717) is 48.4 Å². The number of alkyl halides is 2. The van der Waals surface area contributed by atoms with Gasteiger partial charge in [0.2, 0.25) is 5.91 Å². The lowest BCUT2D eigenvalue weighted by atomic mass is 9.79. The molecule has 3 aromatic rings. The predicted octanol–water partition coefficient (Wildman–Crippen LogP) is 5.22. The minimum Gasteiger partial charge on any atom is -0.341 e. The van der Waals surface area contributed by atoms with Gasteiger partial charge in [-0.15, -0.1) is 0 Å². The van der Waals surface area contributed by atoms with Gasteiger partial charge in [0.25, 0.3) is 5.92 Å². The van der Waals surface area contributed by atoms with Crippen molar-refractivity contribution in [2.24, 2.45) is 23.5 Å². The second-order valence-electron chi connectivity index (χ2n) is 12.0. The number of nitrogens with zero attached hydrogens (tertiary/aromatic N) is 3. The van der Waals surface area contributed by atoms with Gasteiger partial charge in [-0.1, -0.05) is 56.2 Å². The number of carbonyl (C=O) groups excluding carboxylic acids is 1. The van der Waals surface area contributed by atoms with E-state index < -0.39 is 36.7 Å². The van der Waals surface area contributed by atoms with Crippen LogP contribution in [0, 0.1) is 23.6 Å². The SMILES string of the molecule is CC1CCC([C@H](N)c2nc3c(F)c(C4CN(Cc5ccccc5)CC4C(=O)N4CC(F)(F)C4)ccc3[nH]2)CC1. The molecule has 0 radical (unpaired) electrons. The topological polar surface area (TPSA) is 78.2 Å². The van der Waals surface area contributed by atoms with E-state index in [9.17, 15) is 13.6 Å². The zero-order chi connectivity index (χ0) is 27.3. The number of hydrogen-bond donors (Lipinski definition) is 2. The van der Waals surface area contributed by atoms with Gasteiger partial charge in [0.15, 0.2) is 5.82 Å². The lowest BCUT2D eigenvalue weighted by Gasteiger charge is -2.40. The number of benzene rings is 2. The minimum absolute atomic E-state index is 0.227. The predicted molar refractivity (Wildman–Crippen MR) is 144 cm³/mol. The Morgan fingerprint density at radius 3 is 2.51 bits per heavy atom. The zero-order valence-corrected chi connectivity index (χ0v) is 22.3. The van der Waals surface area contributed by atoms with Crippen LogP contribution in [0.25, 0.3) is 11.0 Å². The van der Waals surface area contributed by atoms with Crippen LogP contribution in [0.2, 0.25) is 0 Å². The van der Waals surface area contributed by atoms with Crippen LogP contribution in [0.1, 0.15) is 61.5 Å². The highest BCUT2D eigenvalue weighted by Gasteiger charge is 2.50. The van der Waals surface area contributed by atoms with Gasteiger partial charge in [-0.2, -0.15) is 0 Å². The monoisotopic (exact) mass is 539 g/mol. The Balaban J connectivity index is 1.28. The van der Waals surface area contributed by atoms with Crippen LogP contribution in [-0.2, 0) is 11.3 Å². The van der Waals surface area contributed by atoms with Crippen LogP contribution in [0.5, 0.6) is 0 Å². The highest BCUT2D eigenvalue weighted by molar-refractivity contribution is 5.83. The zero-order valence-electron chi connectivity index (χ0n) is 22.3. The molecule has 0 bridgehead atoms. The van der Waals surface area contributed by atoms with Gasteiger partial charge >= 0.3 is 0 Å². The lowest BCUT2D eigenvalue weighted by Crippen LogP contribution is -2.60. The number of likely N-dealkylation sites (tertiary alicyclic amines) is 2. The van der Waals surface area contributed by atoms with Crippen molar-refractivity contribution in [3.8, 4) is 0 Å². The van der Waals surface area contributed by atoms with Crippen LogP contribution in [0.4, 0.5) is 13.2 Å². The quantitative estimate of drug-likeness (QED) is 0.450. The summed E-state index contributed by atoms with van der Waals surface area (Å²) in [5, 5.41) is 0. The maximum atomic E-state index is 16.1. The van der Waals surface area contributed by atoms with Gasteiger partial charge in [0, 0.05) is 25.6 Å². The molecule has 3 N–H and O–H groups in total. The first-order valence-corrected chi connectivity index (χ1v) is 14.0. The summed E-state index contributed by atoms with van der Waals surface area (Å²) in [6, 6.07) is 13.1. The van der Waals surface area contributed by atoms with E-state index in [2.05, 4.69) is 21.8 Å². The molecule has 208 valence electrons. The van der Waals surface area contributed by atoms with E-state index in [4.69, 9.17) is 5.73 Å². The van der Waals surface area contributed by atoms with E-state index >= 15 is 4.39 Å². The highest BCUT2D eigenvalue weighted by Crippen LogP contribution is 2.40. The summed E-state index contributed by atoms with van der Waals surface area (Å²) in [4.78, 5) is 24.5. The number of hydrogen-bond acceptors (Lipinski definition) is 4. The van der Waals surface area contributed by atoms with Crippen molar-refractivity contribution in [3.63, 3.8) is 0 Å². The van der Waals surface area contributed by atoms with Crippen LogP contribution >= 0.6 is 0 Å². The summed E-state index contributed by atoms with van der Waals surface area (Å²) in [5.74, 6) is -3.12. The number of carbonyl (C=O) groups is 1. The standard InChI is InChI=1S/C30H36F3N5O/c1-18-7-9-20(10-8-18)26(34)28-35-24-12-11-21(25(31)27(24)36-28)22-14-37(13-19-5-3-2-4-6-19)15-23(22)29(39)38-16-30(32,33)17-38/h2-6,11-12,18,20,22-23,26H,7-10,13-17,34H2,1H3,(H,35,36)/t18?,20?,22?,23?,26-/m0/s1. The molecule has 0 spiro atoms. The summed E-state index contributed by atoms with van der Waals surface area (Å²) in [7, 11) is 0. The molecule has 2 aromatic carbocycles. The average molecular weight is 540 g/mol. The molecular weight excluding hydrogens is 503 g/mol. The van der Waals surface area contributed by atoms with Gasteiger partial charge in [0.05, 0.1) is 30.6 Å². The molecule has 1 amide bonds. The Morgan fingerprint density at radius 1 is 1.10 bits per heavy atom. The first-order chi connectivity index (χ1) is 18.7. The second kappa shape index (κ2) is 10.2. The molecule has 1 aliphatic carbocycles. The summed E-state index contributed by atoms with van der Waals surface area (Å²) in [5.41, 5.74) is 8.88. The number of nitrogens with one attached hydrogen (secondary N) is 1. The molecule has 2 unspecified atom stereocenters. The molecule has 9 heteroatoms. The molecule has 6 nitrogen and oxygen atoms in total. The van der Waals surface area contributed by atoms with Crippen molar-refractivity contribution < 1.29 is 18.0 Å². The fourth-order valence-electron chi connectivity index (χ4n) is 6.71. The van der Waals surface area contributed by atoms with Gasteiger partial charge in [-0.05, 0) is 41.9 Å². The van der Waals surface area contributed by atoms with E-state index in [1.807, 2.05) is 30.3 Å². The van der Waals surface area contributed by atoms with Gasteiger partial charge in [-0.3, -0.25) is 9.69 Å². The van der Waals surface area contributed by atoms with E-state index in [0.717, 1.165) is 31.2 Å². The van der Waals surface area contributed by atoms with Crippen molar-refractivity contribution >= 4 is 16.9 Å². The molecule has 6 rings (SSSR count). The Hall–Kier alpha value is -2.91. The molecule has 3 atom stereocenters. The Bertz CT molecular complexity index is 1330. The lowest BCUT2D eigenvalue weighted by molar-refractivity contribution is -0.169. The van der Waals surface area contributed by atoms with Crippen LogP contribution in [-0.4, -0.2) is 57.8 Å².